The molecule has 2 fully saturated rings. The van der Waals surface area contributed by atoms with Gasteiger partial charge in [-0.1, -0.05) is 18.6 Å². The van der Waals surface area contributed by atoms with Crippen molar-refractivity contribution in [3.63, 3.8) is 0 Å². The number of esters is 1. The Bertz CT molecular complexity index is 430. The van der Waals surface area contributed by atoms with Gasteiger partial charge < -0.3 is 14.6 Å². The minimum atomic E-state index is -0.378. The van der Waals surface area contributed by atoms with E-state index in [2.05, 4.69) is 13.8 Å². The molecule has 0 aromatic heterocycles. The topological polar surface area (TPSA) is 55.8 Å². The Balaban J connectivity index is 1.90. The van der Waals surface area contributed by atoms with Gasteiger partial charge in [-0.05, 0) is 31.6 Å². The van der Waals surface area contributed by atoms with E-state index in [-0.39, 0.29) is 42.0 Å². The molecular weight excluding hydrogens is 256 g/mol. The van der Waals surface area contributed by atoms with Crippen LogP contribution < -0.4 is 0 Å². The van der Waals surface area contributed by atoms with Crippen molar-refractivity contribution in [3.05, 3.63) is 11.6 Å². The highest BCUT2D eigenvalue weighted by Crippen LogP contribution is 2.49. The van der Waals surface area contributed by atoms with E-state index in [1.807, 2.05) is 6.08 Å². The summed E-state index contributed by atoms with van der Waals surface area (Å²) in [6, 6.07) is 0. The van der Waals surface area contributed by atoms with Crippen molar-refractivity contribution in [2.75, 3.05) is 6.61 Å². The molecule has 7 atom stereocenters. The molecule has 20 heavy (non-hydrogen) atoms. The predicted octanol–water partition coefficient (Wildman–Crippen LogP) is 1.92. The highest BCUT2D eigenvalue weighted by Gasteiger charge is 2.52. The van der Waals surface area contributed by atoms with Gasteiger partial charge in [-0.2, -0.15) is 0 Å². The maximum atomic E-state index is 11.4. The maximum Gasteiger partial charge on any atom is 0.302 e. The van der Waals surface area contributed by atoms with Gasteiger partial charge in [-0.3, -0.25) is 4.79 Å². The molecule has 0 amide bonds. The summed E-state index contributed by atoms with van der Waals surface area (Å²) in [5.74, 6) is 0.929. The van der Waals surface area contributed by atoms with Crippen LogP contribution in [-0.2, 0) is 14.3 Å². The average Bonchev–Trinajstić information content (AvgIpc) is 2.79. The van der Waals surface area contributed by atoms with Gasteiger partial charge in [0.2, 0.25) is 0 Å². The van der Waals surface area contributed by atoms with Crippen LogP contribution in [0, 0.1) is 23.7 Å². The Labute approximate surface area is 120 Å². The third kappa shape index (κ3) is 2.19. The molecule has 0 aromatic rings. The van der Waals surface area contributed by atoms with Crippen molar-refractivity contribution < 1.29 is 19.4 Å². The molecule has 3 aliphatic rings. The number of hydrogen-bond acceptors (Lipinski definition) is 4. The van der Waals surface area contributed by atoms with Gasteiger partial charge in [-0.15, -0.1) is 0 Å². The molecule has 4 nitrogen and oxygen atoms in total. The zero-order chi connectivity index (χ0) is 14.4. The Hall–Kier alpha value is -0.870. The second kappa shape index (κ2) is 5.15. The second-order valence-electron chi connectivity index (χ2n) is 6.67. The summed E-state index contributed by atoms with van der Waals surface area (Å²) >= 11 is 0. The number of aliphatic hydroxyl groups is 1. The van der Waals surface area contributed by atoms with E-state index in [0.29, 0.717) is 5.92 Å². The lowest BCUT2D eigenvalue weighted by Crippen LogP contribution is -2.38. The van der Waals surface area contributed by atoms with E-state index in [1.165, 1.54) is 12.5 Å². The molecule has 3 rings (SSSR count). The molecule has 2 aliphatic carbocycles. The van der Waals surface area contributed by atoms with Gasteiger partial charge >= 0.3 is 5.97 Å². The smallest absolute Gasteiger partial charge is 0.302 e. The highest BCUT2D eigenvalue weighted by molar-refractivity contribution is 5.66. The van der Waals surface area contributed by atoms with Crippen LogP contribution in [0.4, 0.5) is 0 Å². The molecule has 1 saturated carbocycles. The van der Waals surface area contributed by atoms with Crippen LogP contribution in [0.2, 0.25) is 0 Å². The summed E-state index contributed by atoms with van der Waals surface area (Å²) in [5.41, 5.74) is 1.23. The first-order valence-electron chi connectivity index (χ1n) is 7.64. The van der Waals surface area contributed by atoms with E-state index >= 15 is 0 Å². The van der Waals surface area contributed by atoms with Crippen molar-refractivity contribution in [1.29, 1.82) is 0 Å². The molecule has 0 radical (unpaired) electrons. The first kappa shape index (κ1) is 14.1. The zero-order valence-corrected chi connectivity index (χ0v) is 12.4. The Morgan fingerprint density at radius 1 is 1.45 bits per heavy atom. The molecule has 1 aliphatic heterocycles. The molecule has 0 spiro atoms. The summed E-state index contributed by atoms with van der Waals surface area (Å²) in [7, 11) is 0. The van der Waals surface area contributed by atoms with Crippen LogP contribution in [0.15, 0.2) is 11.6 Å². The number of carbonyl (C=O) groups is 1. The Morgan fingerprint density at radius 2 is 2.20 bits per heavy atom. The zero-order valence-electron chi connectivity index (χ0n) is 12.4. The molecule has 1 heterocycles. The quantitative estimate of drug-likeness (QED) is 0.589. The molecule has 1 saturated heterocycles. The monoisotopic (exact) mass is 280 g/mol. The van der Waals surface area contributed by atoms with E-state index in [1.54, 1.807) is 0 Å². The van der Waals surface area contributed by atoms with Crippen molar-refractivity contribution in [2.45, 2.75) is 51.9 Å². The fraction of sp³-hybridized carbons (Fsp3) is 0.812. The molecular formula is C16H24O4. The maximum absolute atomic E-state index is 11.4. The van der Waals surface area contributed by atoms with Gasteiger partial charge in [0.1, 0.15) is 6.10 Å². The van der Waals surface area contributed by atoms with Crippen LogP contribution >= 0.6 is 0 Å². The van der Waals surface area contributed by atoms with Crippen molar-refractivity contribution in [2.24, 2.45) is 23.7 Å². The highest BCUT2D eigenvalue weighted by atomic mass is 16.5. The minimum Gasteiger partial charge on any atom is -0.462 e. The van der Waals surface area contributed by atoms with Gasteiger partial charge in [0, 0.05) is 18.8 Å². The molecule has 4 heteroatoms. The number of rotatable bonds is 1. The van der Waals surface area contributed by atoms with Gasteiger partial charge in [-0.25, -0.2) is 0 Å². The molecule has 1 N–H and O–H groups in total. The SMILES string of the molecule is CC(=O)O[C@H]1CC[C@H]2[C@H](C(C)=C[C@@H]2O)[C@H]2OC[C@@H](C)[C@@H]21. The predicted molar refractivity (Wildman–Crippen MR) is 73.9 cm³/mol. The number of aliphatic hydroxyl groups excluding tert-OH is 1. The van der Waals surface area contributed by atoms with Gasteiger partial charge in [0.15, 0.2) is 0 Å². The summed E-state index contributed by atoms with van der Waals surface area (Å²) in [6.45, 7) is 6.45. The Morgan fingerprint density at radius 3 is 2.90 bits per heavy atom. The van der Waals surface area contributed by atoms with Crippen LogP contribution in [-0.4, -0.2) is 36.0 Å². The van der Waals surface area contributed by atoms with E-state index in [4.69, 9.17) is 9.47 Å². The minimum absolute atomic E-state index is 0.0689. The first-order valence-corrected chi connectivity index (χ1v) is 7.64. The molecule has 0 bridgehead atoms. The normalized spacial score (nSPS) is 47.2. The van der Waals surface area contributed by atoms with Crippen LogP contribution in [0.25, 0.3) is 0 Å². The van der Waals surface area contributed by atoms with E-state index in [9.17, 15) is 9.90 Å². The number of fused-ring (bicyclic) bond motifs is 3. The number of ether oxygens (including phenoxy) is 2. The lowest BCUT2D eigenvalue weighted by atomic mass is 9.79. The van der Waals surface area contributed by atoms with Gasteiger partial charge in [0.05, 0.1) is 18.8 Å². The van der Waals surface area contributed by atoms with Gasteiger partial charge in [0.25, 0.3) is 0 Å². The van der Waals surface area contributed by atoms with Crippen LogP contribution in [0.1, 0.15) is 33.6 Å². The summed E-state index contributed by atoms with van der Waals surface area (Å²) in [5, 5.41) is 10.2. The van der Waals surface area contributed by atoms with Crippen LogP contribution in [0.5, 0.6) is 0 Å². The largest absolute Gasteiger partial charge is 0.462 e. The molecule has 0 aromatic carbocycles. The molecule has 0 unspecified atom stereocenters. The van der Waals surface area contributed by atoms with E-state index in [0.717, 1.165) is 19.4 Å². The van der Waals surface area contributed by atoms with Crippen LogP contribution in [0.3, 0.4) is 0 Å². The third-order valence-electron chi connectivity index (χ3n) is 5.33. The fourth-order valence-corrected chi connectivity index (χ4v) is 4.54. The molecule has 112 valence electrons. The average molecular weight is 280 g/mol. The lowest BCUT2D eigenvalue weighted by molar-refractivity contribution is -0.151. The fourth-order valence-electron chi connectivity index (χ4n) is 4.54. The lowest BCUT2D eigenvalue weighted by Gasteiger charge is -2.31. The summed E-state index contributed by atoms with van der Waals surface area (Å²) in [6.07, 6.45) is 3.33. The first-order chi connectivity index (χ1) is 9.49. The number of carbonyl (C=O) groups excluding carboxylic acids is 1. The Kier molecular flexibility index (Phi) is 3.63. The van der Waals surface area contributed by atoms with E-state index < -0.39 is 0 Å². The van der Waals surface area contributed by atoms with Crippen molar-refractivity contribution in [1.82, 2.24) is 0 Å². The third-order valence-corrected chi connectivity index (χ3v) is 5.33. The summed E-state index contributed by atoms with van der Waals surface area (Å²) in [4.78, 5) is 11.4. The second-order valence-corrected chi connectivity index (χ2v) is 6.67. The number of hydrogen-bond donors (Lipinski definition) is 1. The van der Waals surface area contributed by atoms with Crippen molar-refractivity contribution >= 4 is 5.97 Å². The summed E-state index contributed by atoms with van der Waals surface area (Å²) < 4.78 is 11.6. The van der Waals surface area contributed by atoms with Crippen molar-refractivity contribution in [3.8, 4) is 0 Å². The standard InChI is InChI=1S/C16H24O4/c1-8-6-12(18)11-4-5-13(20-10(3)17)15-9(2)7-19-16(15)14(8)11/h6,9,11-16,18H,4-5,7H2,1-3H3/t9-,11-,12+,13+,14+,15-,16-/m1/s1.